The van der Waals surface area contributed by atoms with E-state index in [9.17, 15) is 4.79 Å². The van der Waals surface area contributed by atoms with Gasteiger partial charge in [0.15, 0.2) is 0 Å². The summed E-state index contributed by atoms with van der Waals surface area (Å²) in [5.74, 6) is 0.319. The van der Waals surface area contributed by atoms with Crippen LogP contribution in [0.15, 0.2) is 0 Å². The summed E-state index contributed by atoms with van der Waals surface area (Å²) in [6.45, 7) is 3.99. The minimum atomic E-state index is -0.107. The highest BCUT2D eigenvalue weighted by atomic mass is 79.9. The van der Waals surface area contributed by atoms with E-state index < -0.39 is 0 Å². The van der Waals surface area contributed by atoms with Crippen molar-refractivity contribution in [1.29, 1.82) is 0 Å². The monoisotopic (exact) mass is 222 g/mol. The molecule has 0 spiro atoms. The van der Waals surface area contributed by atoms with Gasteiger partial charge in [-0.25, -0.2) is 5.01 Å². The number of amides is 1. The minimum Gasteiger partial charge on any atom is -0.288 e. The van der Waals surface area contributed by atoms with E-state index in [2.05, 4.69) is 21.4 Å². The van der Waals surface area contributed by atoms with Crippen LogP contribution in [0.4, 0.5) is 0 Å². The van der Waals surface area contributed by atoms with E-state index in [1.165, 1.54) is 0 Å². The normalized spacial score (nSPS) is 13.7. The van der Waals surface area contributed by atoms with Crippen molar-refractivity contribution >= 4 is 21.8 Å². The largest absolute Gasteiger partial charge is 0.288 e. The molecule has 1 N–H and O–H groups in total. The summed E-state index contributed by atoms with van der Waals surface area (Å²) in [7, 11) is 3.58. The van der Waals surface area contributed by atoms with Gasteiger partial charge >= 0.3 is 0 Å². The molecule has 0 aliphatic carbocycles. The van der Waals surface area contributed by atoms with Crippen LogP contribution >= 0.6 is 15.9 Å². The quantitative estimate of drug-likeness (QED) is 0.571. The maximum atomic E-state index is 11.2. The summed E-state index contributed by atoms with van der Waals surface area (Å²) in [4.78, 5) is 11.1. The van der Waals surface area contributed by atoms with Crippen molar-refractivity contribution in [3.8, 4) is 0 Å². The molecule has 0 aliphatic heterocycles. The third-order valence-electron chi connectivity index (χ3n) is 1.17. The Morgan fingerprint density at radius 3 is 2.18 bits per heavy atom. The third kappa shape index (κ3) is 4.37. The first-order chi connectivity index (χ1) is 4.95. The number of carbonyl (C=O) groups excluding carboxylic acids is 1. The summed E-state index contributed by atoms with van der Waals surface area (Å²) >= 11 is 3.30. The zero-order valence-corrected chi connectivity index (χ0v) is 8.97. The van der Waals surface area contributed by atoms with Crippen LogP contribution in [0.1, 0.15) is 13.8 Å². The molecule has 0 rings (SSSR count). The first-order valence-electron chi connectivity index (χ1n) is 3.57. The van der Waals surface area contributed by atoms with Gasteiger partial charge in [-0.15, -0.1) is 0 Å². The highest BCUT2D eigenvalue weighted by Crippen LogP contribution is 2.11. The molecule has 1 atom stereocenters. The lowest BCUT2D eigenvalue weighted by molar-refractivity contribution is -0.124. The van der Waals surface area contributed by atoms with E-state index in [1.54, 1.807) is 19.1 Å². The molecule has 4 heteroatoms. The van der Waals surface area contributed by atoms with Gasteiger partial charge in [-0.2, -0.15) is 0 Å². The molecule has 0 aromatic rings. The fourth-order valence-electron chi connectivity index (χ4n) is 0.585. The van der Waals surface area contributed by atoms with Crippen LogP contribution < -0.4 is 5.43 Å². The van der Waals surface area contributed by atoms with Crippen LogP contribution in [0.25, 0.3) is 0 Å². The number of alkyl halides is 1. The lowest BCUT2D eigenvalue weighted by Gasteiger charge is -2.17. The van der Waals surface area contributed by atoms with Gasteiger partial charge in [0.1, 0.15) is 0 Å². The molecule has 0 aromatic heterocycles. The van der Waals surface area contributed by atoms with Gasteiger partial charge in [-0.3, -0.25) is 10.2 Å². The Hall–Kier alpha value is -0.0900. The van der Waals surface area contributed by atoms with Crippen LogP contribution in [0.2, 0.25) is 0 Å². The number of hydrogen-bond acceptors (Lipinski definition) is 2. The Bertz CT molecular complexity index is 136. The van der Waals surface area contributed by atoms with Crippen molar-refractivity contribution in [2.24, 2.45) is 5.92 Å². The molecule has 66 valence electrons. The average Bonchev–Trinajstić information content (AvgIpc) is 1.84. The number of carbonyl (C=O) groups is 1. The predicted molar refractivity (Wildman–Crippen MR) is 49.4 cm³/mol. The van der Waals surface area contributed by atoms with Crippen LogP contribution in [0.3, 0.4) is 0 Å². The topological polar surface area (TPSA) is 32.3 Å². The number of hydrogen-bond donors (Lipinski definition) is 1. The lowest BCUT2D eigenvalue weighted by atomic mass is 10.1. The molecule has 0 aliphatic rings. The average molecular weight is 223 g/mol. The molecule has 0 saturated carbocycles. The summed E-state index contributed by atoms with van der Waals surface area (Å²) < 4.78 is 0. The fourth-order valence-corrected chi connectivity index (χ4v) is 0.687. The molecule has 0 aromatic carbocycles. The second kappa shape index (κ2) is 4.72. The highest BCUT2D eigenvalue weighted by molar-refractivity contribution is 9.10. The van der Waals surface area contributed by atoms with Gasteiger partial charge in [0.05, 0.1) is 4.83 Å². The fraction of sp³-hybridized carbons (Fsp3) is 0.857. The summed E-state index contributed by atoms with van der Waals surface area (Å²) in [6, 6.07) is 0. The van der Waals surface area contributed by atoms with Crippen molar-refractivity contribution in [3.63, 3.8) is 0 Å². The molecule has 0 fully saturated rings. The van der Waals surface area contributed by atoms with Gasteiger partial charge in [-0.05, 0) is 5.92 Å². The Kier molecular flexibility index (Phi) is 4.68. The standard InChI is InChI=1S/C7H15BrN2O/c1-5(2)6(8)7(11)9-10(3)4/h5-6H,1-4H3,(H,9,11). The molecule has 0 bridgehead atoms. The maximum Gasteiger partial charge on any atom is 0.248 e. The molecule has 0 radical (unpaired) electrons. The molecule has 3 nitrogen and oxygen atoms in total. The first kappa shape index (κ1) is 10.9. The van der Waals surface area contributed by atoms with Crippen molar-refractivity contribution in [2.75, 3.05) is 14.1 Å². The SMILES string of the molecule is CC(C)C(Br)C(=O)NN(C)C. The van der Waals surface area contributed by atoms with Crippen LogP contribution in [-0.4, -0.2) is 29.8 Å². The molecular weight excluding hydrogens is 208 g/mol. The van der Waals surface area contributed by atoms with E-state index in [0.717, 1.165) is 0 Å². The number of halogens is 1. The molecule has 11 heavy (non-hydrogen) atoms. The summed E-state index contributed by atoms with van der Waals surface area (Å²) in [5.41, 5.74) is 2.67. The van der Waals surface area contributed by atoms with E-state index in [4.69, 9.17) is 0 Å². The smallest absolute Gasteiger partial charge is 0.248 e. The molecular formula is C7H15BrN2O. The van der Waals surface area contributed by atoms with E-state index in [1.807, 2.05) is 13.8 Å². The second-order valence-corrected chi connectivity index (χ2v) is 4.00. The number of rotatable bonds is 3. The zero-order chi connectivity index (χ0) is 9.02. The third-order valence-corrected chi connectivity index (χ3v) is 2.64. The predicted octanol–water partition coefficient (Wildman–Crippen LogP) is 0.999. The Morgan fingerprint density at radius 1 is 1.45 bits per heavy atom. The zero-order valence-electron chi connectivity index (χ0n) is 7.39. The number of hydrazine groups is 1. The Morgan fingerprint density at radius 2 is 1.91 bits per heavy atom. The van der Waals surface area contributed by atoms with E-state index in [-0.39, 0.29) is 10.7 Å². The molecule has 0 saturated heterocycles. The van der Waals surface area contributed by atoms with Crippen molar-refractivity contribution < 1.29 is 4.79 Å². The van der Waals surface area contributed by atoms with Gasteiger partial charge in [0.2, 0.25) is 5.91 Å². The van der Waals surface area contributed by atoms with Crippen LogP contribution in [0.5, 0.6) is 0 Å². The molecule has 1 amide bonds. The van der Waals surface area contributed by atoms with Gasteiger partial charge in [0, 0.05) is 14.1 Å². The highest BCUT2D eigenvalue weighted by Gasteiger charge is 2.18. The van der Waals surface area contributed by atoms with Gasteiger partial charge in [-0.1, -0.05) is 29.8 Å². The van der Waals surface area contributed by atoms with E-state index in [0.29, 0.717) is 5.92 Å². The Balaban J connectivity index is 3.83. The van der Waals surface area contributed by atoms with Gasteiger partial charge < -0.3 is 0 Å². The lowest BCUT2D eigenvalue weighted by Crippen LogP contribution is -2.42. The van der Waals surface area contributed by atoms with Crippen molar-refractivity contribution in [1.82, 2.24) is 10.4 Å². The van der Waals surface area contributed by atoms with Gasteiger partial charge in [0.25, 0.3) is 0 Å². The maximum absolute atomic E-state index is 11.2. The summed E-state index contributed by atoms with van der Waals surface area (Å²) in [6.07, 6.45) is 0. The summed E-state index contributed by atoms with van der Waals surface area (Å²) in [5, 5.41) is 1.64. The van der Waals surface area contributed by atoms with Crippen molar-refractivity contribution in [3.05, 3.63) is 0 Å². The Labute approximate surface area is 76.2 Å². The van der Waals surface area contributed by atoms with Crippen LogP contribution in [-0.2, 0) is 4.79 Å². The molecule has 1 unspecified atom stereocenters. The minimum absolute atomic E-state index is 0.00463. The van der Waals surface area contributed by atoms with E-state index >= 15 is 0 Å². The number of nitrogens with one attached hydrogen (secondary N) is 1. The number of nitrogens with zero attached hydrogens (tertiary/aromatic N) is 1. The first-order valence-corrected chi connectivity index (χ1v) is 4.48. The second-order valence-electron chi connectivity index (χ2n) is 3.02. The van der Waals surface area contributed by atoms with Crippen LogP contribution in [0, 0.1) is 5.92 Å². The molecule has 0 heterocycles. The van der Waals surface area contributed by atoms with Crippen molar-refractivity contribution in [2.45, 2.75) is 18.7 Å².